The predicted molar refractivity (Wildman–Crippen MR) is 127 cm³/mol. The van der Waals surface area contributed by atoms with Crippen molar-refractivity contribution in [2.75, 3.05) is 0 Å². The van der Waals surface area contributed by atoms with Crippen LogP contribution in [0, 0.1) is 6.92 Å². The quantitative estimate of drug-likeness (QED) is 0.304. The maximum atomic E-state index is 13.4. The van der Waals surface area contributed by atoms with E-state index in [0.29, 0.717) is 10.4 Å². The number of nitrogens with zero attached hydrogens (tertiary/aromatic N) is 2. The highest BCUT2D eigenvalue weighted by Crippen LogP contribution is 2.29. The second-order valence-electron chi connectivity index (χ2n) is 8.00. The van der Waals surface area contributed by atoms with Gasteiger partial charge in [0.25, 0.3) is 10.0 Å². The second kappa shape index (κ2) is 9.06. The molecule has 0 unspecified atom stereocenters. The van der Waals surface area contributed by atoms with Crippen LogP contribution in [0.2, 0.25) is 0 Å². The zero-order valence-electron chi connectivity index (χ0n) is 18.1. The van der Waals surface area contributed by atoms with E-state index in [-0.39, 0.29) is 0 Å². The number of pyridine rings is 1. The Bertz CT molecular complexity index is 1270. The van der Waals surface area contributed by atoms with Crippen molar-refractivity contribution in [3.8, 4) is 11.3 Å². The van der Waals surface area contributed by atoms with E-state index in [4.69, 9.17) is 4.98 Å². The molecule has 2 aromatic heterocycles. The second-order valence-corrected chi connectivity index (χ2v) is 9.81. The van der Waals surface area contributed by atoms with E-state index in [1.54, 1.807) is 18.3 Å². The molecular formula is C26H28N2O2S. The van der Waals surface area contributed by atoms with Crippen LogP contribution in [0.4, 0.5) is 0 Å². The Kier molecular flexibility index (Phi) is 6.23. The van der Waals surface area contributed by atoms with Crippen molar-refractivity contribution in [2.24, 2.45) is 0 Å². The summed E-state index contributed by atoms with van der Waals surface area (Å²) in [6.45, 7) is 4.14. The summed E-state index contributed by atoms with van der Waals surface area (Å²) in [4.78, 5) is 5.23. The minimum Gasteiger partial charge on any atom is -0.251 e. The lowest BCUT2D eigenvalue weighted by molar-refractivity contribution is 0.588. The normalized spacial score (nSPS) is 11.8. The third-order valence-electron chi connectivity index (χ3n) is 5.62. The minimum absolute atomic E-state index is 0.291. The van der Waals surface area contributed by atoms with E-state index in [9.17, 15) is 8.42 Å². The summed E-state index contributed by atoms with van der Waals surface area (Å²) >= 11 is 0. The van der Waals surface area contributed by atoms with E-state index in [1.165, 1.54) is 10.4 Å². The van der Waals surface area contributed by atoms with Gasteiger partial charge in [-0.1, -0.05) is 74.2 Å². The van der Waals surface area contributed by atoms with Gasteiger partial charge in [-0.2, -0.15) is 0 Å². The van der Waals surface area contributed by atoms with Crippen LogP contribution in [0.25, 0.3) is 22.2 Å². The lowest BCUT2D eigenvalue weighted by atomic mass is 10.1. The molecule has 0 aliphatic rings. The Hall–Kier alpha value is -2.92. The summed E-state index contributed by atoms with van der Waals surface area (Å²) < 4.78 is 28.3. The van der Waals surface area contributed by atoms with Crippen molar-refractivity contribution in [1.29, 1.82) is 0 Å². The number of aromatic nitrogens is 2. The molecule has 5 heteroatoms. The number of hydrogen-bond donors (Lipinski definition) is 0. The zero-order valence-corrected chi connectivity index (χ0v) is 18.9. The molecule has 0 amide bonds. The van der Waals surface area contributed by atoms with Gasteiger partial charge < -0.3 is 0 Å². The molecule has 0 aliphatic carbocycles. The van der Waals surface area contributed by atoms with Crippen LogP contribution in [-0.2, 0) is 16.4 Å². The Morgan fingerprint density at radius 3 is 2.35 bits per heavy atom. The summed E-state index contributed by atoms with van der Waals surface area (Å²) in [5.74, 6) is 0. The first-order chi connectivity index (χ1) is 15.0. The van der Waals surface area contributed by atoms with Gasteiger partial charge in [-0.15, -0.1) is 0 Å². The van der Waals surface area contributed by atoms with E-state index >= 15 is 0 Å². The lowest BCUT2D eigenvalue weighted by Crippen LogP contribution is -2.13. The lowest BCUT2D eigenvalue weighted by Gasteiger charge is -2.13. The van der Waals surface area contributed by atoms with Crippen LogP contribution < -0.4 is 0 Å². The highest BCUT2D eigenvalue weighted by atomic mass is 32.2. The largest absolute Gasteiger partial charge is 0.268 e. The number of benzene rings is 2. The van der Waals surface area contributed by atoms with Crippen LogP contribution in [-0.4, -0.2) is 17.4 Å². The van der Waals surface area contributed by atoms with Gasteiger partial charge in [-0.3, -0.25) is 4.98 Å². The molecule has 0 N–H and O–H groups in total. The Labute approximate surface area is 184 Å². The average Bonchev–Trinajstić information content (AvgIpc) is 3.23. The van der Waals surface area contributed by atoms with Crippen LogP contribution in [0.15, 0.2) is 77.8 Å². The van der Waals surface area contributed by atoms with Gasteiger partial charge >= 0.3 is 0 Å². The van der Waals surface area contributed by atoms with Crippen molar-refractivity contribution in [3.63, 3.8) is 0 Å². The third kappa shape index (κ3) is 4.42. The maximum Gasteiger partial charge on any atom is 0.268 e. The summed E-state index contributed by atoms with van der Waals surface area (Å²) in [6, 6.07) is 20.9. The Balaban J connectivity index is 1.84. The molecular weight excluding hydrogens is 404 g/mol. The SMILES string of the molecule is CCCCCCc1nc(-c2ccccc2)cc2ccn(S(=O)(=O)c3ccc(C)cc3)c12. The summed E-state index contributed by atoms with van der Waals surface area (Å²) in [5, 5.41) is 0.898. The molecule has 0 aliphatic heterocycles. The molecule has 4 nitrogen and oxygen atoms in total. The zero-order chi connectivity index (χ0) is 21.8. The van der Waals surface area contributed by atoms with Crippen molar-refractivity contribution in [2.45, 2.75) is 50.8 Å². The van der Waals surface area contributed by atoms with Gasteiger partial charge in [0.1, 0.15) is 0 Å². The highest BCUT2D eigenvalue weighted by molar-refractivity contribution is 7.90. The van der Waals surface area contributed by atoms with Crippen molar-refractivity contribution >= 4 is 20.9 Å². The summed E-state index contributed by atoms with van der Waals surface area (Å²) in [6.07, 6.45) is 6.84. The molecule has 0 bridgehead atoms. The van der Waals surface area contributed by atoms with Crippen LogP contribution in [0.3, 0.4) is 0 Å². The first kappa shape index (κ1) is 21.3. The first-order valence-corrected chi connectivity index (χ1v) is 12.3. The molecule has 4 aromatic rings. The fourth-order valence-corrected chi connectivity index (χ4v) is 5.27. The van der Waals surface area contributed by atoms with Crippen molar-refractivity contribution < 1.29 is 8.42 Å². The maximum absolute atomic E-state index is 13.4. The molecule has 2 aromatic carbocycles. The fourth-order valence-electron chi connectivity index (χ4n) is 3.89. The van der Waals surface area contributed by atoms with Gasteiger partial charge in [0, 0.05) is 17.1 Å². The first-order valence-electron chi connectivity index (χ1n) is 10.9. The highest BCUT2D eigenvalue weighted by Gasteiger charge is 2.22. The van der Waals surface area contributed by atoms with Gasteiger partial charge in [0.05, 0.1) is 21.8 Å². The summed E-state index contributed by atoms with van der Waals surface area (Å²) in [7, 11) is -3.70. The smallest absolute Gasteiger partial charge is 0.251 e. The predicted octanol–water partition coefficient (Wildman–Crippen LogP) is 6.37. The number of aryl methyl sites for hydroxylation is 2. The van der Waals surface area contributed by atoms with E-state index < -0.39 is 10.0 Å². The minimum atomic E-state index is -3.70. The standard InChI is InChI=1S/C26H28N2O2S/c1-3-4-5-9-12-24-26-22(19-25(27-24)21-10-7-6-8-11-21)17-18-28(26)31(29,30)23-15-13-20(2)14-16-23/h6-8,10-11,13-19H,3-5,9,12H2,1-2H3. The van der Waals surface area contributed by atoms with Crippen LogP contribution in [0.1, 0.15) is 43.9 Å². The van der Waals surface area contributed by atoms with Crippen molar-refractivity contribution in [1.82, 2.24) is 8.96 Å². The van der Waals surface area contributed by atoms with E-state index in [0.717, 1.165) is 53.6 Å². The molecule has 0 radical (unpaired) electrons. The van der Waals surface area contributed by atoms with Gasteiger partial charge in [-0.05, 0) is 44.0 Å². The van der Waals surface area contributed by atoms with Crippen LogP contribution in [0.5, 0.6) is 0 Å². The molecule has 0 saturated heterocycles. The van der Waals surface area contributed by atoms with Gasteiger partial charge in [0.2, 0.25) is 0 Å². The van der Waals surface area contributed by atoms with E-state index in [1.807, 2.05) is 61.5 Å². The van der Waals surface area contributed by atoms with Gasteiger partial charge in [-0.25, -0.2) is 12.4 Å². The number of rotatable bonds is 8. The fraction of sp³-hybridized carbons (Fsp3) is 0.269. The molecule has 160 valence electrons. The summed E-state index contributed by atoms with van der Waals surface area (Å²) in [5.41, 5.74) is 4.48. The Morgan fingerprint density at radius 2 is 1.65 bits per heavy atom. The molecule has 31 heavy (non-hydrogen) atoms. The number of unbranched alkanes of at least 4 members (excludes halogenated alkanes) is 3. The molecule has 2 heterocycles. The molecule has 0 atom stereocenters. The van der Waals surface area contributed by atoms with Crippen LogP contribution >= 0.6 is 0 Å². The monoisotopic (exact) mass is 432 g/mol. The number of fused-ring (bicyclic) bond motifs is 1. The van der Waals surface area contributed by atoms with E-state index in [2.05, 4.69) is 6.92 Å². The molecule has 4 rings (SSSR count). The molecule has 0 fully saturated rings. The average molecular weight is 433 g/mol. The topological polar surface area (TPSA) is 52.0 Å². The van der Waals surface area contributed by atoms with Gasteiger partial charge in [0.15, 0.2) is 0 Å². The molecule has 0 saturated carbocycles. The number of hydrogen-bond acceptors (Lipinski definition) is 3. The Morgan fingerprint density at radius 1 is 0.903 bits per heavy atom. The third-order valence-corrected chi connectivity index (χ3v) is 7.31. The van der Waals surface area contributed by atoms with Crippen molar-refractivity contribution in [3.05, 3.63) is 84.2 Å². The molecule has 0 spiro atoms.